The number of para-hydroxylation sites is 1. The lowest BCUT2D eigenvalue weighted by Crippen LogP contribution is -2.35. The first-order chi connectivity index (χ1) is 31.2. The molecule has 6 heteroatoms. The van der Waals surface area contributed by atoms with Gasteiger partial charge < -0.3 is 19.2 Å². The average molecular weight is 814 g/mol. The van der Waals surface area contributed by atoms with Crippen molar-refractivity contribution in [2.75, 3.05) is 0 Å². The van der Waals surface area contributed by atoms with E-state index in [0.717, 1.165) is 95.2 Å². The molecule has 4 heterocycles. The third-order valence-electron chi connectivity index (χ3n) is 13.0. The number of benzene rings is 7. The van der Waals surface area contributed by atoms with Crippen LogP contribution in [-0.2, 0) is 0 Å². The number of furan rings is 1. The molecule has 0 spiro atoms. The van der Waals surface area contributed by atoms with E-state index >= 15 is 0 Å². The predicted molar refractivity (Wildman–Crippen MR) is 253 cm³/mol. The monoisotopic (exact) mass is 813 g/mol. The smallest absolute Gasteiger partial charge is 0.169 e. The second kappa shape index (κ2) is 14.3. The summed E-state index contributed by atoms with van der Waals surface area (Å²) in [5.41, 5.74) is 13.3. The van der Waals surface area contributed by atoms with Crippen molar-refractivity contribution < 1.29 is 13.9 Å². The van der Waals surface area contributed by atoms with Gasteiger partial charge in [-0.25, -0.2) is 9.98 Å². The maximum atomic E-state index is 6.98. The van der Waals surface area contributed by atoms with E-state index in [2.05, 4.69) is 169 Å². The maximum absolute atomic E-state index is 6.98. The SMILES string of the molecule is C1=CC2Oc3cc(-c4cc(-c5cccc6c5OC5C=CC=CC65)cc5c4oc4cccc(-c6cccc(C7N=C(c8ccccc8)NC(c8ccccc8)=N7)c6)c45)ccc3C2C=C1. The molecule has 0 amide bonds. The number of rotatable bonds is 6. The van der Waals surface area contributed by atoms with E-state index in [9.17, 15) is 0 Å². The molecule has 0 saturated carbocycles. The van der Waals surface area contributed by atoms with Gasteiger partial charge in [0.15, 0.2) is 6.17 Å². The van der Waals surface area contributed by atoms with Crippen molar-refractivity contribution in [2.24, 2.45) is 9.98 Å². The number of nitrogens with one attached hydrogen (secondary N) is 1. The Bertz CT molecular complexity index is 3300. The first-order valence-corrected chi connectivity index (χ1v) is 21.6. The van der Waals surface area contributed by atoms with E-state index in [1.807, 2.05) is 36.4 Å². The van der Waals surface area contributed by atoms with Crippen LogP contribution < -0.4 is 14.8 Å². The topological polar surface area (TPSA) is 68.3 Å². The van der Waals surface area contributed by atoms with Gasteiger partial charge >= 0.3 is 0 Å². The predicted octanol–water partition coefficient (Wildman–Crippen LogP) is 13.0. The molecule has 1 aromatic heterocycles. The van der Waals surface area contributed by atoms with Crippen molar-refractivity contribution in [3.63, 3.8) is 0 Å². The Morgan fingerprint density at radius 1 is 0.460 bits per heavy atom. The molecule has 5 aliphatic rings. The fraction of sp³-hybridized carbons (Fsp3) is 0.0877. The van der Waals surface area contributed by atoms with Crippen LogP contribution in [0.15, 0.2) is 215 Å². The lowest BCUT2D eigenvalue weighted by atomic mass is 9.88. The quantitative estimate of drug-likeness (QED) is 0.182. The lowest BCUT2D eigenvalue weighted by Gasteiger charge is -2.22. The number of allylic oxidation sites excluding steroid dienone is 4. The molecule has 8 aromatic rings. The summed E-state index contributed by atoms with van der Waals surface area (Å²) in [7, 11) is 0. The van der Waals surface area contributed by atoms with Gasteiger partial charge in [-0.05, 0) is 70.3 Å². The third-order valence-corrected chi connectivity index (χ3v) is 13.0. The molecule has 0 fully saturated rings. The molecule has 3 aliphatic heterocycles. The lowest BCUT2D eigenvalue weighted by molar-refractivity contribution is 0.269. The molecule has 0 bridgehead atoms. The van der Waals surface area contributed by atoms with Crippen molar-refractivity contribution in [1.29, 1.82) is 0 Å². The molecule has 6 nitrogen and oxygen atoms in total. The Morgan fingerprint density at radius 2 is 1.11 bits per heavy atom. The van der Waals surface area contributed by atoms with Gasteiger partial charge in [-0.15, -0.1) is 0 Å². The van der Waals surface area contributed by atoms with Crippen LogP contribution in [0.4, 0.5) is 0 Å². The van der Waals surface area contributed by atoms with Gasteiger partial charge in [0, 0.05) is 56.0 Å². The Hall–Kier alpha value is -7.96. The third kappa shape index (κ3) is 5.93. The fourth-order valence-electron chi connectivity index (χ4n) is 9.99. The average Bonchev–Trinajstić information content (AvgIpc) is 4.05. The van der Waals surface area contributed by atoms with Crippen molar-refractivity contribution in [3.05, 3.63) is 228 Å². The van der Waals surface area contributed by atoms with Crippen LogP contribution in [0.25, 0.3) is 55.3 Å². The summed E-state index contributed by atoms with van der Waals surface area (Å²) in [6, 6.07) is 53.2. The standard InChI is InChI=1S/C57H39N3O3/c1-3-14-34(15-4-1)55-58-56(35-16-5-2-6-17-35)60-57(59-55)38-19-11-18-36(30-38)40-22-13-27-50-52(40)47-32-39(41-23-12-24-45-43-21-8-10-26-49(43)62-53(41)45)31-46(54(47)63-50)37-28-29-44-42-20-7-9-25-48(42)61-51(44)33-37/h1-33,42-43,48-49,57H,(H,58,59,60). The van der Waals surface area contributed by atoms with Crippen molar-refractivity contribution in [1.82, 2.24) is 5.32 Å². The van der Waals surface area contributed by atoms with E-state index in [4.69, 9.17) is 23.9 Å². The Balaban J connectivity index is 0.987. The second-order valence-corrected chi connectivity index (χ2v) is 16.7. The highest BCUT2D eigenvalue weighted by Crippen LogP contribution is 2.50. The summed E-state index contributed by atoms with van der Waals surface area (Å²) in [4.78, 5) is 10.4. The Kier molecular flexibility index (Phi) is 8.13. The number of nitrogens with zero attached hydrogens (tertiary/aromatic N) is 2. The van der Waals surface area contributed by atoms with Crippen LogP contribution in [0.3, 0.4) is 0 Å². The summed E-state index contributed by atoms with van der Waals surface area (Å²) in [6.45, 7) is 0. The molecule has 300 valence electrons. The molecule has 63 heavy (non-hydrogen) atoms. The number of aliphatic imine (C=N–C) groups is 2. The minimum absolute atomic E-state index is 0.00271. The molecular weight excluding hydrogens is 775 g/mol. The minimum Gasteiger partial charge on any atom is -0.485 e. The van der Waals surface area contributed by atoms with Gasteiger partial charge in [-0.2, -0.15) is 0 Å². The minimum atomic E-state index is -0.458. The van der Waals surface area contributed by atoms with Gasteiger partial charge in [-0.1, -0.05) is 158 Å². The molecule has 4 atom stereocenters. The van der Waals surface area contributed by atoms with Crippen LogP contribution >= 0.6 is 0 Å². The summed E-state index contributed by atoms with van der Waals surface area (Å²) >= 11 is 0. The van der Waals surface area contributed by atoms with Gasteiger partial charge in [0.2, 0.25) is 0 Å². The summed E-state index contributed by atoms with van der Waals surface area (Å²) in [5.74, 6) is 3.81. The van der Waals surface area contributed by atoms with E-state index in [0.29, 0.717) is 0 Å². The van der Waals surface area contributed by atoms with E-state index in [1.165, 1.54) is 11.1 Å². The number of ether oxygens (including phenoxy) is 2. The van der Waals surface area contributed by atoms with Crippen LogP contribution in [0.5, 0.6) is 11.5 Å². The van der Waals surface area contributed by atoms with Crippen LogP contribution in [-0.4, -0.2) is 23.9 Å². The highest BCUT2D eigenvalue weighted by atomic mass is 16.5. The summed E-state index contributed by atoms with van der Waals surface area (Å²) in [5, 5.41) is 5.60. The highest BCUT2D eigenvalue weighted by Gasteiger charge is 2.35. The van der Waals surface area contributed by atoms with Crippen LogP contribution in [0, 0.1) is 0 Å². The number of hydrogen-bond acceptors (Lipinski definition) is 6. The number of fused-ring (bicyclic) bond motifs is 9. The zero-order chi connectivity index (χ0) is 41.4. The summed E-state index contributed by atoms with van der Waals surface area (Å²) < 4.78 is 20.3. The van der Waals surface area contributed by atoms with Crippen molar-refractivity contribution in [3.8, 4) is 44.9 Å². The molecule has 2 aliphatic carbocycles. The Morgan fingerprint density at radius 3 is 1.89 bits per heavy atom. The molecular formula is C57H39N3O3. The molecule has 4 unspecified atom stereocenters. The largest absolute Gasteiger partial charge is 0.485 e. The second-order valence-electron chi connectivity index (χ2n) is 16.7. The maximum Gasteiger partial charge on any atom is 0.169 e. The van der Waals surface area contributed by atoms with Crippen molar-refractivity contribution >= 4 is 33.6 Å². The fourth-order valence-corrected chi connectivity index (χ4v) is 9.99. The van der Waals surface area contributed by atoms with Gasteiger partial charge in [0.05, 0.1) is 0 Å². The van der Waals surface area contributed by atoms with Crippen molar-refractivity contribution in [2.45, 2.75) is 30.2 Å². The first kappa shape index (κ1) is 35.8. The van der Waals surface area contributed by atoms with E-state index < -0.39 is 6.17 Å². The van der Waals surface area contributed by atoms with Crippen LogP contribution in [0.1, 0.15) is 45.8 Å². The molecule has 7 aromatic carbocycles. The number of hydrogen-bond donors (Lipinski definition) is 1. The molecule has 0 saturated heterocycles. The Labute approximate surface area is 364 Å². The first-order valence-electron chi connectivity index (χ1n) is 21.6. The van der Waals surface area contributed by atoms with Gasteiger partial charge in [-0.3, -0.25) is 0 Å². The van der Waals surface area contributed by atoms with Crippen LogP contribution in [0.2, 0.25) is 0 Å². The molecule has 13 rings (SSSR count). The molecule has 0 radical (unpaired) electrons. The van der Waals surface area contributed by atoms with Gasteiger partial charge in [0.1, 0.15) is 46.5 Å². The molecule has 1 N–H and O–H groups in total. The van der Waals surface area contributed by atoms with E-state index in [1.54, 1.807) is 0 Å². The highest BCUT2D eigenvalue weighted by molar-refractivity contribution is 6.17. The normalized spacial score (nSPS) is 20.3. The van der Waals surface area contributed by atoms with E-state index in [-0.39, 0.29) is 24.0 Å². The number of amidine groups is 2. The zero-order valence-corrected chi connectivity index (χ0v) is 34.1. The summed E-state index contributed by atoms with van der Waals surface area (Å²) in [6.07, 6.45) is 16.7. The van der Waals surface area contributed by atoms with Gasteiger partial charge in [0.25, 0.3) is 0 Å². The zero-order valence-electron chi connectivity index (χ0n) is 34.1.